The zero-order valence-corrected chi connectivity index (χ0v) is 20.2. The number of nitro groups is 1. The van der Waals surface area contributed by atoms with Crippen molar-refractivity contribution in [2.24, 2.45) is 4.99 Å². The van der Waals surface area contributed by atoms with Gasteiger partial charge in [0.15, 0.2) is 4.80 Å². The summed E-state index contributed by atoms with van der Waals surface area (Å²) in [5, 5.41) is 11.0. The molecule has 1 aliphatic carbocycles. The van der Waals surface area contributed by atoms with Crippen LogP contribution in [-0.2, 0) is 6.42 Å². The average molecular weight is 496 g/mol. The van der Waals surface area contributed by atoms with Gasteiger partial charge in [-0.15, -0.1) is 0 Å². The Labute approximate surface area is 210 Å². The Bertz CT molecular complexity index is 1710. The normalized spacial score (nSPS) is 16.6. The van der Waals surface area contributed by atoms with Crippen LogP contribution < -0.4 is 19.6 Å². The van der Waals surface area contributed by atoms with Crippen LogP contribution in [0, 0.1) is 10.1 Å². The minimum Gasteiger partial charge on any atom is -0.497 e. The summed E-state index contributed by atoms with van der Waals surface area (Å²) in [4.78, 5) is 30.0. The Morgan fingerprint density at radius 3 is 2.53 bits per heavy atom. The van der Waals surface area contributed by atoms with Gasteiger partial charge >= 0.3 is 0 Å². The molecule has 8 heteroatoms. The molecule has 1 atom stereocenters. The largest absolute Gasteiger partial charge is 0.497 e. The highest BCUT2D eigenvalue weighted by Gasteiger charge is 2.32. The van der Waals surface area contributed by atoms with Crippen molar-refractivity contribution in [3.05, 3.63) is 130 Å². The van der Waals surface area contributed by atoms with Gasteiger partial charge in [0.2, 0.25) is 0 Å². The lowest BCUT2D eigenvalue weighted by molar-refractivity contribution is -0.384. The van der Waals surface area contributed by atoms with E-state index in [1.807, 2.05) is 36.4 Å². The van der Waals surface area contributed by atoms with Gasteiger partial charge in [-0.2, -0.15) is 0 Å². The van der Waals surface area contributed by atoms with Crippen LogP contribution in [0.5, 0.6) is 5.75 Å². The molecule has 3 aromatic carbocycles. The van der Waals surface area contributed by atoms with Crippen molar-refractivity contribution in [3.8, 4) is 5.75 Å². The van der Waals surface area contributed by atoms with Crippen molar-refractivity contribution < 1.29 is 9.66 Å². The Morgan fingerprint density at radius 2 is 1.81 bits per heavy atom. The monoisotopic (exact) mass is 495 g/mol. The van der Waals surface area contributed by atoms with Crippen LogP contribution in [0.1, 0.15) is 34.7 Å². The van der Waals surface area contributed by atoms with E-state index in [1.165, 1.54) is 29.0 Å². The fourth-order valence-electron chi connectivity index (χ4n) is 4.95. The first-order chi connectivity index (χ1) is 17.5. The van der Waals surface area contributed by atoms with Gasteiger partial charge in [-0.3, -0.25) is 19.5 Å². The number of allylic oxidation sites excluding steroid dienone is 1. The number of fused-ring (bicyclic) bond motifs is 3. The van der Waals surface area contributed by atoms with Gasteiger partial charge in [-0.05, 0) is 65.4 Å². The predicted molar refractivity (Wildman–Crippen MR) is 139 cm³/mol. The lowest BCUT2D eigenvalue weighted by atomic mass is 9.83. The van der Waals surface area contributed by atoms with Gasteiger partial charge in [0, 0.05) is 17.7 Å². The van der Waals surface area contributed by atoms with Crippen LogP contribution in [0.3, 0.4) is 0 Å². The smallest absolute Gasteiger partial charge is 0.271 e. The van der Waals surface area contributed by atoms with E-state index in [-0.39, 0.29) is 17.3 Å². The van der Waals surface area contributed by atoms with E-state index in [9.17, 15) is 14.9 Å². The quantitative estimate of drug-likeness (QED) is 0.313. The van der Waals surface area contributed by atoms with Gasteiger partial charge in [-0.1, -0.05) is 47.7 Å². The number of aromatic nitrogens is 1. The van der Waals surface area contributed by atoms with Crippen LogP contribution in [0.4, 0.5) is 5.69 Å². The summed E-state index contributed by atoms with van der Waals surface area (Å²) in [6, 6.07) is 22.1. The van der Waals surface area contributed by atoms with Gasteiger partial charge in [0.25, 0.3) is 11.2 Å². The van der Waals surface area contributed by atoms with Crippen molar-refractivity contribution in [2.45, 2.75) is 18.9 Å². The molecule has 6 rings (SSSR count). The molecule has 0 spiro atoms. The maximum absolute atomic E-state index is 13.7. The molecule has 36 heavy (non-hydrogen) atoms. The zero-order valence-electron chi connectivity index (χ0n) is 19.4. The van der Waals surface area contributed by atoms with E-state index < -0.39 is 4.92 Å². The number of nitro benzene ring substituents is 1. The molecule has 7 nitrogen and oxygen atoms in total. The molecule has 2 heterocycles. The third-order valence-electron chi connectivity index (χ3n) is 6.71. The maximum Gasteiger partial charge on any atom is 0.271 e. The third kappa shape index (κ3) is 3.67. The van der Waals surface area contributed by atoms with Gasteiger partial charge in [0.1, 0.15) is 5.75 Å². The van der Waals surface area contributed by atoms with Crippen LogP contribution in [0.25, 0.3) is 11.8 Å². The number of hydrogen-bond acceptors (Lipinski definition) is 6. The van der Waals surface area contributed by atoms with Crippen LogP contribution in [0.15, 0.2) is 88.2 Å². The van der Waals surface area contributed by atoms with Crippen molar-refractivity contribution in [1.29, 1.82) is 0 Å². The molecule has 1 unspecified atom stereocenters. The molecule has 0 saturated heterocycles. The third-order valence-corrected chi connectivity index (χ3v) is 7.69. The summed E-state index contributed by atoms with van der Waals surface area (Å²) < 4.78 is 7.68. The highest BCUT2D eigenvalue weighted by molar-refractivity contribution is 7.07. The van der Waals surface area contributed by atoms with Gasteiger partial charge in [-0.25, -0.2) is 4.99 Å². The fraction of sp³-hybridized carbons (Fsp3) is 0.143. The molecule has 1 aliphatic heterocycles. The first kappa shape index (κ1) is 22.2. The van der Waals surface area contributed by atoms with Crippen molar-refractivity contribution in [2.75, 3.05) is 7.11 Å². The standard InChI is InChI=1S/C28H21N3O4S/c1-35-21-13-8-19(9-14-21)26-23-15-10-18-4-2-3-5-22(18)25(23)29-28-30(26)27(32)24(36-28)16-17-6-11-20(12-7-17)31(33)34/h2-9,11-14,16,26H,10,15H2,1H3. The highest BCUT2D eigenvalue weighted by Crippen LogP contribution is 2.41. The zero-order chi connectivity index (χ0) is 24.8. The topological polar surface area (TPSA) is 86.7 Å². The predicted octanol–water partition coefficient (Wildman–Crippen LogP) is 4.24. The maximum atomic E-state index is 13.7. The number of ether oxygens (including phenoxy) is 1. The number of non-ortho nitro benzene ring substituents is 1. The summed E-state index contributed by atoms with van der Waals surface area (Å²) in [6.45, 7) is 0. The number of thiazole rings is 1. The number of benzene rings is 3. The lowest BCUT2D eigenvalue weighted by Gasteiger charge is -2.30. The van der Waals surface area contributed by atoms with Crippen LogP contribution in [0.2, 0.25) is 0 Å². The molecule has 1 aromatic heterocycles. The van der Waals surface area contributed by atoms with Crippen LogP contribution in [-0.4, -0.2) is 16.6 Å². The average Bonchev–Trinajstić information content (AvgIpc) is 3.22. The number of rotatable bonds is 4. The highest BCUT2D eigenvalue weighted by atomic mass is 32.1. The summed E-state index contributed by atoms with van der Waals surface area (Å²) >= 11 is 1.34. The van der Waals surface area contributed by atoms with E-state index in [0.717, 1.165) is 46.6 Å². The molecular formula is C28H21N3O4S. The van der Waals surface area contributed by atoms with E-state index >= 15 is 0 Å². The Morgan fingerprint density at radius 1 is 1.06 bits per heavy atom. The first-order valence-electron chi connectivity index (χ1n) is 11.5. The number of methoxy groups -OCH3 is 1. The number of aryl methyl sites for hydroxylation is 1. The second-order valence-electron chi connectivity index (χ2n) is 8.74. The molecule has 0 N–H and O–H groups in total. The first-order valence-corrected chi connectivity index (χ1v) is 12.4. The van der Waals surface area contributed by atoms with E-state index in [1.54, 1.807) is 29.9 Å². The minimum absolute atomic E-state index is 0.0134. The fourth-order valence-corrected chi connectivity index (χ4v) is 5.95. The van der Waals surface area contributed by atoms with E-state index in [0.29, 0.717) is 9.33 Å². The van der Waals surface area contributed by atoms with E-state index in [2.05, 4.69) is 12.1 Å². The summed E-state index contributed by atoms with van der Waals surface area (Å²) in [6.07, 6.45) is 3.48. The van der Waals surface area contributed by atoms with Crippen molar-refractivity contribution >= 4 is 28.8 Å². The summed E-state index contributed by atoms with van der Waals surface area (Å²) in [7, 11) is 1.63. The molecule has 0 bridgehead atoms. The van der Waals surface area contributed by atoms with E-state index in [4.69, 9.17) is 9.73 Å². The lowest BCUT2D eigenvalue weighted by Crippen LogP contribution is -2.38. The second kappa shape index (κ2) is 8.73. The Kier molecular flexibility index (Phi) is 5.38. The molecule has 0 fully saturated rings. The van der Waals surface area contributed by atoms with Crippen LogP contribution >= 0.6 is 11.3 Å². The summed E-state index contributed by atoms with van der Waals surface area (Å²) in [5.74, 6) is 0.757. The molecule has 178 valence electrons. The second-order valence-corrected chi connectivity index (χ2v) is 9.74. The summed E-state index contributed by atoms with van der Waals surface area (Å²) in [5.41, 5.74) is 6.07. The SMILES string of the molecule is COc1ccc(C2C3=C(N=c4sc(=Cc5ccc([N+](=O)[O-])cc5)c(=O)n42)c2ccccc2CC3)cc1. The minimum atomic E-state index is -0.436. The molecular weight excluding hydrogens is 474 g/mol. The van der Waals surface area contributed by atoms with Gasteiger partial charge in [0.05, 0.1) is 28.3 Å². The number of hydrogen-bond donors (Lipinski definition) is 0. The van der Waals surface area contributed by atoms with Crippen molar-refractivity contribution in [1.82, 2.24) is 4.57 Å². The molecule has 0 amide bonds. The van der Waals surface area contributed by atoms with Crippen molar-refractivity contribution in [3.63, 3.8) is 0 Å². The number of nitrogens with zero attached hydrogens (tertiary/aromatic N) is 3. The molecule has 4 aromatic rings. The Hall–Kier alpha value is -4.30. The molecule has 0 saturated carbocycles. The Balaban J connectivity index is 1.56. The molecule has 2 aliphatic rings. The van der Waals surface area contributed by atoms with Gasteiger partial charge < -0.3 is 4.74 Å². The molecule has 0 radical (unpaired) electrons.